The minimum atomic E-state index is -1.45. The van der Waals surface area contributed by atoms with E-state index in [4.69, 9.17) is 57.2 Å². The van der Waals surface area contributed by atoms with Crippen LogP contribution in [0, 0.1) is 29.6 Å². The Balaban J connectivity index is 1.25. The Labute approximate surface area is 481 Å². The van der Waals surface area contributed by atoms with E-state index in [1.807, 2.05) is 120 Å². The van der Waals surface area contributed by atoms with Crippen LogP contribution in [0.15, 0.2) is 67.1 Å². The number of carbonyl (C=O) groups is 5. The van der Waals surface area contributed by atoms with Crippen molar-refractivity contribution < 1.29 is 76.1 Å². The van der Waals surface area contributed by atoms with Gasteiger partial charge in [0.1, 0.15) is 29.3 Å². The summed E-state index contributed by atoms with van der Waals surface area (Å²) in [6.45, 7) is 19.9. The topological polar surface area (TPSA) is 221 Å². The van der Waals surface area contributed by atoms with Crippen LogP contribution in [0.4, 0.5) is 4.79 Å². The first-order valence-electron chi connectivity index (χ1n) is 28.3. The number of thioether (sulfide) groups is 1. The van der Waals surface area contributed by atoms with E-state index in [-0.39, 0.29) is 43.8 Å². The van der Waals surface area contributed by atoms with E-state index in [1.165, 1.54) is 32.9 Å². The minimum absolute atomic E-state index is 0.00885. The van der Waals surface area contributed by atoms with Gasteiger partial charge in [-0.25, -0.2) is 4.79 Å². The summed E-state index contributed by atoms with van der Waals surface area (Å²) in [4.78, 5) is 77.3. The third-order valence-corrected chi connectivity index (χ3v) is 18.4. The van der Waals surface area contributed by atoms with Gasteiger partial charge in [0.25, 0.3) is 0 Å². The average molecular weight is 1150 g/mol. The molecular formula is C60H86N4O16S. The monoisotopic (exact) mass is 1150 g/mol. The summed E-state index contributed by atoms with van der Waals surface area (Å²) in [6, 6.07) is 14.6. The molecule has 6 heterocycles. The van der Waals surface area contributed by atoms with Crippen molar-refractivity contribution in [2.45, 2.75) is 198 Å². The van der Waals surface area contributed by atoms with Gasteiger partial charge in [0.15, 0.2) is 30.4 Å². The van der Waals surface area contributed by atoms with Crippen molar-refractivity contribution in [2.75, 3.05) is 34.1 Å². The third kappa shape index (κ3) is 14.5. The average Bonchev–Trinajstić information content (AvgIpc) is 4.20. The Morgan fingerprint density at radius 2 is 1.51 bits per heavy atom. The number of benzene rings is 1. The zero-order valence-corrected chi connectivity index (χ0v) is 50.6. The fraction of sp³-hybridized carbons (Fsp3) is 0.683. The number of nitrogens with zero attached hydrogens (tertiary/aromatic N) is 4. The highest BCUT2D eigenvalue weighted by molar-refractivity contribution is 8.00. The van der Waals surface area contributed by atoms with Crippen LogP contribution in [-0.2, 0) is 84.4 Å². The standard InChI is InChI=1S/C60H86N4O16S/c1-16-45-60(11)47(51(55(68)80-60)81-29-28-64-27-24-43(62-64)42-22-25-61-26-23-42)36(4)48(66)34(2)31-58(9,70-14)52(78-56-50(75-40(8)65)44(63(12)13)30-35(3)73-56)37(5)49(38(6)54(67)76-45)77-46-32-59(10,71-15)53(39(7)74-46)79-57(69)72-33-41-20-18-17-19-21-41/h17-27,34-39,44-47,49-53,56H,16,28-33H2,1-15H3/t34-,35-,36-,37+,38-,39+,44+,45-,46+,47+,49+,50-,51+,52-,53+,56+,58-,59-,60-/m1/s1. The van der Waals surface area contributed by atoms with Gasteiger partial charge in [-0.3, -0.25) is 28.8 Å². The molecule has 3 aromatic rings. The maximum atomic E-state index is 15.4. The van der Waals surface area contributed by atoms with E-state index in [0.717, 1.165) is 16.8 Å². The summed E-state index contributed by atoms with van der Waals surface area (Å²) in [5.41, 5.74) is -1.52. The molecule has 0 radical (unpaired) electrons. The first kappa shape index (κ1) is 63.6. The summed E-state index contributed by atoms with van der Waals surface area (Å²) in [5, 5.41) is 3.94. The van der Waals surface area contributed by atoms with Crippen molar-refractivity contribution in [3.8, 4) is 11.3 Å². The molecule has 20 nitrogen and oxygen atoms in total. The Morgan fingerprint density at radius 1 is 0.827 bits per heavy atom. The van der Waals surface area contributed by atoms with E-state index < -0.39 is 125 Å². The zero-order chi connectivity index (χ0) is 59.1. The van der Waals surface area contributed by atoms with Gasteiger partial charge in [-0.1, -0.05) is 58.0 Å². The van der Waals surface area contributed by atoms with Crippen LogP contribution in [0.5, 0.6) is 0 Å². The molecule has 0 unspecified atom stereocenters. The predicted molar refractivity (Wildman–Crippen MR) is 299 cm³/mol. The zero-order valence-electron chi connectivity index (χ0n) is 49.8. The Morgan fingerprint density at radius 3 is 2.15 bits per heavy atom. The molecule has 448 valence electrons. The molecule has 0 bridgehead atoms. The summed E-state index contributed by atoms with van der Waals surface area (Å²) in [6.07, 6.45) is -3.20. The number of Topliss-reactive ketones (excluding diaryl/α,β-unsaturated/α-hetero) is 1. The lowest BCUT2D eigenvalue weighted by Crippen LogP contribution is -2.62. The second kappa shape index (κ2) is 27.1. The van der Waals surface area contributed by atoms with E-state index in [9.17, 15) is 14.4 Å². The lowest BCUT2D eigenvalue weighted by Gasteiger charge is -2.50. The van der Waals surface area contributed by atoms with Crippen molar-refractivity contribution in [1.82, 2.24) is 19.7 Å². The second-order valence-electron chi connectivity index (χ2n) is 23.3. The third-order valence-electron chi connectivity index (χ3n) is 17.2. The van der Waals surface area contributed by atoms with Gasteiger partial charge in [-0.05, 0) is 98.7 Å². The first-order valence-corrected chi connectivity index (χ1v) is 29.4. The molecule has 4 aliphatic rings. The Hall–Kier alpha value is -5.00. The number of pyridine rings is 1. The molecule has 0 saturated carbocycles. The fourth-order valence-corrected chi connectivity index (χ4v) is 14.1. The fourth-order valence-electron chi connectivity index (χ4n) is 12.7. The van der Waals surface area contributed by atoms with Crippen molar-refractivity contribution in [2.24, 2.45) is 29.6 Å². The van der Waals surface area contributed by atoms with E-state index in [2.05, 4.69) is 4.98 Å². The highest BCUT2D eigenvalue weighted by Gasteiger charge is 2.62. The van der Waals surface area contributed by atoms with Crippen LogP contribution in [0.2, 0.25) is 0 Å². The molecule has 0 amide bonds. The van der Waals surface area contributed by atoms with Gasteiger partial charge in [-0.2, -0.15) is 5.10 Å². The molecule has 0 N–H and O–H groups in total. The number of hydrogen-bond donors (Lipinski definition) is 0. The van der Waals surface area contributed by atoms with Gasteiger partial charge in [0, 0.05) is 87.7 Å². The van der Waals surface area contributed by atoms with Gasteiger partial charge in [0.2, 0.25) is 0 Å². The number of aromatic nitrogens is 3. The van der Waals surface area contributed by atoms with Gasteiger partial charge in [-0.15, -0.1) is 11.8 Å². The molecular weight excluding hydrogens is 1060 g/mol. The normalized spacial score (nSPS) is 36.9. The Bertz CT molecular complexity index is 2600. The Kier molecular flexibility index (Phi) is 21.3. The molecule has 2 aromatic heterocycles. The SMILES string of the molecule is CC[C@H]1OC(=O)[C@H](C)[C@@H](O[C@H]2C[C@@](C)(OC)[C@@H](OC(=O)OCc3ccccc3)[C@H](C)O2)[C@H](C)[C@@H](O[C@@H]2O[C@H](C)C[C@H](N(C)C)[C@H]2OC(C)=O)[C@](C)(OC)C[C@@H](C)C(=O)[C@H](C)[C@H]2[C@H](SCCn3ccc(-c4ccncc4)n3)C(=O)O[C@@]21C. The number of carbonyl (C=O) groups excluding carboxylic acids is 5. The van der Waals surface area contributed by atoms with Crippen molar-refractivity contribution in [3.05, 3.63) is 72.7 Å². The van der Waals surface area contributed by atoms with Crippen molar-refractivity contribution in [1.29, 1.82) is 0 Å². The molecule has 4 fully saturated rings. The van der Waals surface area contributed by atoms with Crippen LogP contribution in [0.1, 0.15) is 107 Å². The molecule has 4 saturated heterocycles. The van der Waals surface area contributed by atoms with Gasteiger partial charge < -0.3 is 57.0 Å². The molecule has 7 rings (SSSR count). The summed E-state index contributed by atoms with van der Waals surface area (Å²) >= 11 is 1.38. The van der Waals surface area contributed by atoms with Crippen LogP contribution in [-0.4, -0.2) is 167 Å². The number of esters is 3. The number of likely N-dealkylation sites (N-methyl/N-ethyl adjacent to an activating group) is 1. The molecule has 4 aliphatic heterocycles. The minimum Gasteiger partial charge on any atom is -0.458 e. The van der Waals surface area contributed by atoms with Crippen LogP contribution in [0.25, 0.3) is 11.3 Å². The number of cyclic esters (lactones) is 1. The predicted octanol–water partition coefficient (Wildman–Crippen LogP) is 8.25. The number of fused-ring (bicyclic) bond motifs is 1. The quantitative estimate of drug-likeness (QED) is 0.0917. The molecule has 0 aliphatic carbocycles. The molecule has 1 aromatic carbocycles. The summed E-state index contributed by atoms with van der Waals surface area (Å²) < 4.78 is 72.6. The van der Waals surface area contributed by atoms with Crippen LogP contribution in [0.3, 0.4) is 0 Å². The van der Waals surface area contributed by atoms with Crippen molar-refractivity contribution >= 4 is 41.6 Å². The number of methoxy groups -OCH3 is 2. The number of rotatable bonds is 17. The molecule has 81 heavy (non-hydrogen) atoms. The van der Waals surface area contributed by atoms with Gasteiger partial charge in [0.05, 0.1) is 47.7 Å². The maximum Gasteiger partial charge on any atom is 0.509 e. The van der Waals surface area contributed by atoms with E-state index in [0.29, 0.717) is 18.7 Å². The largest absolute Gasteiger partial charge is 0.509 e. The van der Waals surface area contributed by atoms with Crippen LogP contribution < -0.4 is 0 Å². The second-order valence-corrected chi connectivity index (χ2v) is 24.5. The lowest BCUT2D eigenvalue weighted by molar-refractivity contribution is -0.320. The van der Waals surface area contributed by atoms with Crippen LogP contribution >= 0.6 is 11.8 Å². The summed E-state index contributed by atoms with van der Waals surface area (Å²) in [5.74, 6) is -5.58. The molecule has 19 atom stereocenters. The smallest absolute Gasteiger partial charge is 0.458 e. The number of ketones is 1. The van der Waals surface area contributed by atoms with E-state index >= 15 is 9.59 Å². The first-order chi connectivity index (χ1) is 38.4. The molecule has 0 spiro atoms. The lowest BCUT2D eigenvalue weighted by atomic mass is 9.70. The van der Waals surface area contributed by atoms with E-state index in [1.54, 1.807) is 40.1 Å². The maximum absolute atomic E-state index is 15.4. The highest BCUT2D eigenvalue weighted by atomic mass is 32.2. The number of ether oxygens (including phenoxy) is 11. The van der Waals surface area contributed by atoms with Crippen molar-refractivity contribution in [3.63, 3.8) is 0 Å². The number of aryl methyl sites for hydroxylation is 1. The highest BCUT2D eigenvalue weighted by Crippen LogP contribution is 2.50. The van der Waals surface area contributed by atoms with Gasteiger partial charge >= 0.3 is 24.1 Å². The number of hydrogen-bond acceptors (Lipinski definition) is 20. The molecule has 21 heteroatoms. The summed E-state index contributed by atoms with van der Waals surface area (Å²) in [7, 11) is 6.84.